The number of carbonyl (C=O) groups is 1. The van der Waals surface area contributed by atoms with Gasteiger partial charge in [-0.1, -0.05) is 31.5 Å². The molecule has 1 aromatic rings. The van der Waals surface area contributed by atoms with Crippen LogP contribution in [-0.4, -0.2) is 20.2 Å². The lowest BCUT2D eigenvalue weighted by Crippen LogP contribution is -2.07. The first kappa shape index (κ1) is 12.6. The number of aryl methyl sites for hydroxylation is 1. The van der Waals surface area contributed by atoms with Crippen LogP contribution in [0.1, 0.15) is 24.5 Å². The van der Waals surface area contributed by atoms with E-state index >= 15 is 0 Å². The standard InChI is InChI=1S/C13H18O3/c1-4-6-10-7-5-8-11(13(10)16-3)9-12(14)15-2/h5,7-8H,4,6,9H2,1-3H3. The van der Waals surface area contributed by atoms with Crippen molar-refractivity contribution < 1.29 is 14.3 Å². The van der Waals surface area contributed by atoms with Gasteiger partial charge in [-0.3, -0.25) is 4.79 Å². The van der Waals surface area contributed by atoms with Crippen molar-refractivity contribution in [2.75, 3.05) is 14.2 Å². The van der Waals surface area contributed by atoms with Gasteiger partial charge in [-0.05, 0) is 12.0 Å². The summed E-state index contributed by atoms with van der Waals surface area (Å²) >= 11 is 0. The Bertz CT molecular complexity index is 358. The van der Waals surface area contributed by atoms with E-state index in [0.29, 0.717) is 0 Å². The smallest absolute Gasteiger partial charge is 0.310 e. The molecule has 1 rings (SSSR count). The second kappa shape index (κ2) is 6.16. The number of hydrogen-bond donors (Lipinski definition) is 0. The van der Waals surface area contributed by atoms with Gasteiger partial charge in [0.1, 0.15) is 5.75 Å². The van der Waals surface area contributed by atoms with Crippen LogP contribution in [0.15, 0.2) is 18.2 Å². The zero-order valence-electron chi connectivity index (χ0n) is 10.1. The molecule has 0 amide bonds. The fourth-order valence-electron chi connectivity index (χ4n) is 1.73. The van der Waals surface area contributed by atoms with Crippen LogP contribution in [0.25, 0.3) is 0 Å². The van der Waals surface area contributed by atoms with E-state index in [-0.39, 0.29) is 12.4 Å². The van der Waals surface area contributed by atoms with Gasteiger partial charge in [0.15, 0.2) is 0 Å². The second-order valence-electron chi connectivity index (χ2n) is 3.61. The van der Waals surface area contributed by atoms with Crippen LogP contribution in [0.2, 0.25) is 0 Å². The van der Waals surface area contributed by atoms with E-state index < -0.39 is 0 Å². The molecule has 1 aromatic carbocycles. The Morgan fingerprint density at radius 2 is 1.94 bits per heavy atom. The van der Waals surface area contributed by atoms with Gasteiger partial charge in [0.05, 0.1) is 20.6 Å². The van der Waals surface area contributed by atoms with Crippen LogP contribution in [0.3, 0.4) is 0 Å². The Kier molecular flexibility index (Phi) is 4.83. The molecule has 0 unspecified atom stereocenters. The lowest BCUT2D eigenvalue weighted by molar-refractivity contribution is -0.139. The molecule has 0 aliphatic heterocycles. The maximum Gasteiger partial charge on any atom is 0.310 e. The van der Waals surface area contributed by atoms with Crippen molar-refractivity contribution in [2.45, 2.75) is 26.2 Å². The topological polar surface area (TPSA) is 35.5 Å². The molecule has 0 spiro atoms. The third-order valence-electron chi connectivity index (χ3n) is 2.46. The maximum atomic E-state index is 11.2. The van der Waals surface area contributed by atoms with Crippen molar-refractivity contribution in [1.82, 2.24) is 0 Å². The average Bonchev–Trinajstić information content (AvgIpc) is 2.29. The van der Waals surface area contributed by atoms with Crippen molar-refractivity contribution in [1.29, 1.82) is 0 Å². The molecule has 0 atom stereocenters. The average molecular weight is 222 g/mol. The summed E-state index contributed by atoms with van der Waals surface area (Å²) < 4.78 is 10.0. The Hall–Kier alpha value is -1.51. The highest BCUT2D eigenvalue weighted by atomic mass is 16.5. The van der Waals surface area contributed by atoms with Gasteiger partial charge in [0.2, 0.25) is 0 Å². The number of rotatable bonds is 5. The van der Waals surface area contributed by atoms with Gasteiger partial charge in [0, 0.05) is 5.56 Å². The number of benzene rings is 1. The lowest BCUT2D eigenvalue weighted by atomic mass is 10.0. The largest absolute Gasteiger partial charge is 0.496 e. The molecule has 16 heavy (non-hydrogen) atoms. The van der Waals surface area contributed by atoms with E-state index in [1.807, 2.05) is 18.2 Å². The minimum absolute atomic E-state index is 0.244. The molecule has 0 aromatic heterocycles. The summed E-state index contributed by atoms with van der Waals surface area (Å²) in [6.45, 7) is 2.12. The molecule has 0 radical (unpaired) electrons. The molecule has 0 saturated heterocycles. The fraction of sp³-hybridized carbons (Fsp3) is 0.462. The molecule has 0 bridgehead atoms. The van der Waals surface area contributed by atoms with Crippen LogP contribution in [0.4, 0.5) is 0 Å². The molecule has 3 nitrogen and oxygen atoms in total. The summed E-state index contributed by atoms with van der Waals surface area (Å²) in [4.78, 5) is 11.2. The highest BCUT2D eigenvalue weighted by molar-refractivity contribution is 5.73. The Labute approximate surface area is 96.4 Å². The summed E-state index contributed by atoms with van der Waals surface area (Å²) in [5.41, 5.74) is 2.03. The Morgan fingerprint density at radius 1 is 1.25 bits per heavy atom. The van der Waals surface area contributed by atoms with Crippen LogP contribution in [0.5, 0.6) is 5.75 Å². The fourth-order valence-corrected chi connectivity index (χ4v) is 1.73. The molecule has 0 heterocycles. The third-order valence-corrected chi connectivity index (χ3v) is 2.46. The molecular formula is C13H18O3. The van der Waals surface area contributed by atoms with Crippen molar-refractivity contribution in [2.24, 2.45) is 0 Å². The van der Waals surface area contributed by atoms with Crippen LogP contribution in [-0.2, 0) is 22.4 Å². The number of hydrogen-bond acceptors (Lipinski definition) is 3. The Balaban J connectivity index is 2.98. The monoisotopic (exact) mass is 222 g/mol. The van der Waals surface area contributed by atoms with Crippen LogP contribution >= 0.6 is 0 Å². The van der Waals surface area contributed by atoms with Gasteiger partial charge in [0.25, 0.3) is 0 Å². The highest BCUT2D eigenvalue weighted by Crippen LogP contribution is 2.25. The van der Waals surface area contributed by atoms with E-state index in [2.05, 4.69) is 11.7 Å². The van der Waals surface area contributed by atoms with E-state index in [4.69, 9.17) is 4.74 Å². The zero-order chi connectivity index (χ0) is 12.0. The molecule has 0 N–H and O–H groups in total. The second-order valence-corrected chi connectivity index (χ2v) is 3.61. The third kappa shape index (κ3) is 2.99. The molecule has 88 valence electrons. The highest BCUT2D eigenvalue weighted by Gasteiger charge is 2.11. The SMILES string of the molecule is CCCc1cccc(CC(=O)OC)c1OC. The zero-order valence-corrected chi connectivity index (χ0v) is 10.1. The first-order chi connectivity index (χ1) is 7.72. The summed E-state index contributed by atoms with van der Waals surface area (Å²) in [5, 5.41) is 0. The molecular weight excluding hydrogens is 204 g/mol. The van der Waals surface area contributed by atoms with E-state index in [0.717, 1.165) is 29.7 Å². The van der Waals surface area contributed by atoms with Gasteiger partial charge < -0.3 is 9.47 Å². The van der Waals surface area contributed by atoms with E-state index in [1.54, 1.807) is 7.11 Å². The van der Waals surface area contributed by atoms with Gasteiger partial charge >= 0.3 is 5.97 Å². The molecule has 3 heteroatoms. The number of esters is 1. The molecule has 0 saturated carbocycles. The Morgan fingerprint density at radius 3 is 2.50 bits per heavy atom. The predicted octanol–water partition coefficient (Wildman–Crippen LogP) is 2.36. The first-order valence-electron chi connectivity index (χ1n) is 5.44. The number of methoxy groups -OCH3 is 2. The molecule has 0 fully saturated rings. The number of para-hydroxylation sites is 1. The summed E-state index contributed by atoms with van der Waals surface area (Å²) in [6, 6.07) is 5.88. The summed E-state index contributed by atoms with van der Waals surface area (Å²) in [7, 11) is 3.03. The van der Waals surface area contributed by atoms with Crippen LogP contribution in [0, 0.1) is 0 Å². The van der Waals surface area contributed by atoms with E-state index in [1.165, 1.54) is 7.11 Å². The van der Waals surface area contributed by atoms with Gasteiger partial charge in [-0.2, -0.15) is 0 Å². The van der Waals surface area contributed by atoms with Crippen molar-refractivity contribution in [3.63, 3.8) is 0 Å². The van der Waals surface area contributed by atoms with E-state index in [9.17, 15) is 4.79 Å². The number of ether oxygens (including phenoxy) is 2. The van der Waals surface area contributed by atoms with Crippen molar-refractivity contribution >= 4 is 5.97 Å². The van der Waals surface area contributed by atoms with Crippen molar-refractivity contribution in [3.8, 4) is 5.75 Å². The minimum Gasteiger partial charge on any atom is -0.496 e. The van der Waals surface area contributed by atoms with Crippen LogP contribution < -0.4 is 4.74 Å². The van der Waals surface area contributed by atoms with Gasteiger partial charge in [-0.25, -0.2) is 0 Å². The summed E-state index contributed by atoms with van der Waals surface area (Å²) in [5.74, 6) is 0.571. The molecule has 0 aliphatic rings. The first-order valence-corrected chi connectivity index (χ1v) is 5.44. The lowest BCUT2D eigenvalue weighted by Gasteiger charge is -2.12. The minimum atomic E-state index is -0.244. The van der Waals surface area contributed by atoms with Crippen molar-refractivity contribution in [3.05, 3.63) is 29.3 Å². The maximum absolute atomic E-state index is 11.2. The summed E-state index contributed by atoms with van der Waals surface area (Å²) in [6.07, 6.45) is 2.27. The quantitative estimate of drug-likeness (QED) is 0.717. The predicted molar refractivity (Wildman–Crippen MR) is 62.7 cm³/mol. The van der Waals surface area contributed by atoms with Gasteiger partial charge in [-0.15, -0.1) is 0 Å². The molecule has 0 aliphatic carbocycles. The number of carbonyl (C=O) groups excluding carboxylic acids is 1. The normalized spacial score (nSPS) is 9.94.